The van der Waals surface area contributed by atoms with Crippen LogP contribution in [0.2, 0.25) is 0 Å². The third kappa shape index (κ3) is 5.72. The van der Waals surface area contributed by atoms with Crippen molar-refractivity contribution in [2.75, 3.05) is 6.54 Å². The summed E-state index contributed by atoms with van der Waals surface area (Å²) in [5, 5.41) is 11.0. The minimum absolute atomic E-state index is 0.725. The third-order valence-electron chi connectivity index (χ3n) is 4.86. The Morgan fingerprint density at radius 1 is 0.962 bits per heavy atom. The van der Waals surface area contributed by atoms with E-state index in [0.717, 1.165) is 63.3 Å². The Bertz CT molecular complexity index is 656. The zero-order valence-corrected chi connectivity index (χ0v) is 16.9. The van der Waals surface area contributed by atoms with Crippen molar-refractivity contribution in [3.63, 3.8) is 0 Å². The smallest absolute Gasteiger partial charge is 0.135 e. The van der Waals surface area contributed by atoms with Crippen LogP contribution in [0.3, 0.4) is 0 Å². The summed E-state index contributed by atoms with van der Waals surface area (Å²) in [4.78, 5) is 2.41. The molecule has 3 heteroatoms. The van der Waals surface area contributed by atoms with Gasteiger partial charge in [-0.2, -0.15) is 0 Å². The van der Waals surface area contributed by atoms with Crippen LogP contribution in [-0.2, 0) is 18.7 Å². The molecular formula is C23H35NO2. The van der Waals surface area contributed by atoms with Crippen LogP contribution in [-0.4, -0.2) is 16.6 Å². The van der Waals surface area contributed by atoms with Crippen LogP contribution in [0.4, 0.5) is 0 Å². The predicted molar refractivity (Wildman–Crippen MR) is 108 cm³/mol. The van der Waals surface area contributed by atoms with Crippen molar-refractivity contribution in [2.24, 2.45) is 0 Å². The van der Waals surface area contributed by atoms with Gasteiger partial charge in [0.25, 0.3) is 0 Å². The molecule has 3 nitrogen and oxygen atoms in total. The predicted octanol–water partition coefficient (Wildman–Crippen LogP) is 5.79. The van der Waals surface area contributed by atoms with Gasteiger partial charge in [-0.05, 0) is 50.4 Å². The summed E-state index contributed by atoms with van der Waals surface area (Å²) in [5.41, 5.74) is 1.80. The van der Waals surface area contributed by atoms with Gasteiger partial charge in [-0.15, -0.1) is 0 Å². The Morgan fingerprint density at radius 3 is 2.31 bits per heavy atom. The van der Waals surface area contributed by atoms with Crippen LogP contribution in [0.15, 0.2) is 40.8 Å². The molecule has 144 valence electrons. The number of hydrogen-bond donors (Lipinski definition) is 1. The van der Waals surface area contributed by atoms with Gasteiger partial charge in [0.1, 0.15) is 17.1 Å². The number of furan rings is 1. The quantitative estimate of drug-likeness (QED) is 0.553. The van der Waals surface area contributed by atoms with E-state index >= 15 is 0 Å². The number of aryl methyl sites for hydroxylation is 1. The molecule has 1 heterocycles. The SMILES string of the molecule is CCCN(Cc1cccc(C)c1)Cc1ccc(C(O)(CCC)CCC)o1. The van der Waals surface area contributed by atoms with Crippen LogP contribution >= 0.6 is 0 Å². The average Bonchev–Trinajstić information content (AvgIpc) is 3.05. The van der Waals surface area contributed by atoms with E-state index in [4.69, 9.17) is 4.42 Å². The Balaban J connectivity index is 2.10. The van der Waals surface area contributed by atoms with Crippen LogP contribution < -0.4 is 0 Å². The monoisotopic (exact) mass is 357 g/mol. The van der Waals surface area contributed by atoms with Crippen molar-refractivity contribution in [1.82, 2.24) is 4.90 Å². The van der Waals surface area contributed by atoms with Gasteiger partial charge in [0.2, 0.25) is 0 Å². The van der Waals surface area contributed by atoms with Crippen LogP contribution in [0.5, 0.6) is 0 Å². The molecule has 0 fully saturated rings. The molecule has 0 amide bonds. The topological polar surface area (TPSA) is 36.6 Å². The van der Waals surface area contributed by atoms with E-state index in [-0.39, 0.29) is 0 Å². The lowest BCUT2D eigenvalue weighted by molar-refractivity contribution is -0.00520. The molecule has 0 saturated carbocycles. The Kier molecular flexibility index (Phi) is 7.92. The fourth-order valence-electron chi connectivity index (χ4n) is 3.73. The second kappa shape index (κ2) is 9.94. The van der Waals surface area contributed by atoms with E-state index in [1.165, 1.54) is 11.1 Å². The molecule has 0 saturated heterocycles. The lowest BCUT2D eigenvalue weighted by Crippen LogP contribution is -2.25. The molecule has 0 spiro atoms. The van der Waals surface area contributed by atoms with Crippen molar-refractivity contribution in [3.05, 3.63) is 59.0 Å². The standard InChI is InChI=1S/C23H35NO2/c1-5-13-23(25,14-6-2)22-12-11-21(26-22)18-24(15-7-3)17-20-10-8-9-19(4)16-20/h8-12,16,25H,5-7,13-15,17-18H2,1-4H3. The molecule has 0 bridgehead atoms. The molecule has 0 radical (unpaired) electrons. The number of nitrogens with zero attached hydrogens (tertiary/aromatic N) is 1. The van der Waals surface area contributed by atoms with Gasteiger partial charge in [-0.1, -0.05) is 63.4 Å². The molecule has 2 rings (SSSR count). The van der Waals surface area contributed by atoms with Crippen LogP contribution in [0.25, 0.3) is 0 Å². The minimum Gasteiger partial charge on any atom is -0.462 e. The summed E-state index contributed by atoms with van der Waals surface area (Å²) in [7, 11) is 0. The van der Waals surface area contributed by atoms with Gasteiger partial charge in [-0.3, -0.25) is 4.90 Å². The number of rotatable bonds is 11. The first-order chi connectivity index (χ1) is 12.5. The first kappa shape index (κ1) is 20.7. The number of hydrogen-bond acceptors (Lipinski definition) is 3. The minimum atomic E-state index is -0.826. The zero-order chi connectivity index (χ0) is 19.0. The number of benzene rings is 1. The van der Waals surface area contributed by atoms with Gasteiger partial charge < -0.3 is 9.52 Å². The maximum atomic E-state index is 11.0. The molecule has 1 aromatic carbocycles. The lowest BCUT2D eigenvalue weighted by Gasteiger charge is -2.25. The van der Waals surface area contributed by atoms with Crippen molar-refractivity contribution in [3.8, 4) is 0 Å². The van der Waals surface area contributed by atoms with E-state index in [9.17, 15) is 5.11 Å². The molecule has 0 aliphatic carbocycles. The van der Waals surface area contributed by atoms with Crippen molar-refractivity contribution in [1.29, 1.82) is 0 Å². The van der Waals surface area contributed by atoms with Crippen LogP contribution in [0, 0.1) is 6.92 Å². The maximum Gasteiger partial charge on any atom is 0.135 e. The van der Waals surface area contributed by atoms with Gasteiger partial charge in [0.05, 0.1) is 6.54 Å². The molecule has 1 N–H and O–H groups in total. The zero-order valence-electron chi connectivity index (χ0n) is 16.9. The summed E-state index contributed by atoms with van der Waals surface area (Å²) in [6, 6.07) is 12.7. The van der Waals surface area contributed by atoms with Gasteiger partial charge in [0.15, 0.2) is 0 Å². The first-order valence-corrected chi connectivity index (χ1v) is 10.1. The maximum absolute atomic E-state index is 11.0. The van der Waals surface area contributed by atoms with Crippen molar-refractivity contribution in [2.45, 2.75) is 78.5 Å². The molecule has 26 heavy (non-hydrogen) atoms. The third-order valence-corrected chi connectivity index (χ3v) is 4.86. The molecule has 0 atom stereocenters. The van der Waals surface area contributed by atoms with E-state index in [2.05, 4.69) is 56.9 Å². The molecule has 1 aromatic heterocycles. The highest BCUT2D eigenvalue weighted by atomic mass is 16.4. The largest absolute Gasteiger partial charge is 0.462 e. The fourth-order valence-corrected chi connectivity index (χ4v) is 3.73. The Labute approximate surface area is 159 Å². The molecule has 2 aromatic rings. The van der Waals surface area contributed by atoms with Crippen LogP contribution in [0.1, 0.15) is 75.5 Å². The first-order valence-electron chi connectivity index (χ1n) is 10.1. The molecule has 0 unspecified atom stereocenters. The van der Waals surface area contributed by atoms with E-state index < -0.39 is 5.60 Å². The lowest BCUT2D eigenvalue weighted by atomic mass is 9.90. The summed E-state index contributed by atoms with van der Waals surface area (Å²) < 4.78 is 6.10. The second-order valence-electron chi connectivity index (χ2n) is 7.50. The summed E-state index contributed by atoms with van der Waals surface area (Å²) in [6.45, 7) is 11.3. The van der Waals surface area contributed by atoms with E-state index in [1.54, 1.807) is 0 Å². The Hall–Kier alpha value is -1.58. The molecular weight excluding hydrogens is 322 g/mol. The highest BCUT2D eigenvalue weighted by Gasteiger charge is 2.31. The summed E-state index contributed by atoms with van der Waals surface area (Å²) in [5.74, 6) is 1.66. The Morgan fingerprint density at radius 2 is 1.69 bits per heavy atom. The average molecular weight is 358 g/mol. The van der Waals surface area contributed by atoms with Gasteiger partial charge in [-0.25, -0.2) is 0 Å². The number of aliphatic hydroxyl groups is 1. The van der Waals surface area contributed by atoms with Crippen molar-refractivity contribution >= 4 is 0 Å². The van der Waals surface area contributed by atoms with Gasteiger partial charge >= 0.3 is 0 Å². The van der Waals surface area contributed by atoms with Gasteiger partial charge in [0, 0.05) is 6.54 Å². The van der Waals surface area contributed by atoms with E-state index in [0.29, 0.717) is 0 Å². The van der Waals surface area contributed by atoms with E-state index in [1.807, 2.05) is 12.1 Å². The molecule has 0 aliphatic heterocycles. The summed E-state index contributed by atoms with van der Waals surface area (Å²) >= 11 is 0. The fraction of sp³-hybridized carbons (Fsp3) is 0.565. The highest BCUT2D eigenvalue weighted by molar-refractivity contribution is 5.22. The summed E-state index contributed by atoms with van der Waals surface area (Å²) in [6.07, 6.45) is 4.49. The normalized spacial score (nSPS) is 12.1. The molecule has 0 aliphatic rings. The second-order valence-corrected chi connectivity index (χ2v) is 7.50. The van der Waals surface area contributed by atoms with Crippen molar-refractivity contribution < 1.29 is 9.52 Å². The highest BCUT2D eigenvalue weighted by Crippen LogP contribution is 2.33.